The number of aliphatic hydroxyl groups excluding tert-OH is 1. The van der Waals surface area contributed by atoms with Crippen LogP contribution in [0.1, 0.15) is 32.8 Å². The molecular weight excluding hydrogens is 404 g/mol. The lowest BCUT2D eigenvalue weighted by molar-refractivity contribution is -0.142. The second-order valence-electron chi connectivity index (χ2n) is 7.80. The van der Waals surface area contributed by atoms with Gasteiger partial charge >= 0.3 is 5.97 Å². The Hall–Kier alpha value is -2.98. The summed E-state index contributed by atoms with van der Waals surface area (Å²) < 4.78 is 0. The van der Waals surface area contributed by atoms with Gasteiger partial charge in [0.2, 0.25) is 17.7 Å². The van der Waals surface area contributed by atoms with E-state index in [1.54, 1.807) is 24.3 Å². The van der Waals surface area contributed by atoms with Crippen molar-refractivity contribution in [3.63, 3.8) is 0 Å². The maximum Gasteiger partial charge on any atom is 0.326 e. The highest BCUT2D eigenvalue weighted by atomic mass is 16.4. The van der Waals surface area contributed by atoms with Crippen molar-refractivity contribution in [2.75, 3.05) is 6.61 Å². The summed E-state index contributed by atoms with van der Waals surface area (Å²) in [5.74, 6) is -3.13. The molecule has 1 aromatic rings. The number of nitrogens with one attached hydrogen (secondary N) is 3. The van der Waals surface area contributed by atoms with Gasteiger partial charge in [-0.05, 0) is 24.8 Å². The lowest BCUT2D eigenvalue weighted by Gasteiger charge is -2.24. The Morgan fingerprint density at radius 2 is 1.48 bits per heavy atom. The second kappa shape index (κ2) is 12.7. The average Bonchev–Trinajstić information content (AvgIpc) is 2.72. The highest BCUT2D eigenvalue weighted by Crippen LogP contribution is 2.08. The van der Waals surface area contributed by atoms with Gasteiger partial charge in [-0.2, -0.15) is 0 Å². The van der Waals surface area contributed by atoms with Gasteiger partial charge in [0.15, 0.2) is 0 Å². The Morgan fingerprint density at radius 3 is 2.00 bits per heavy atom. The minimum Gasteiger partial charge on any atom is -0.480 e. The van der Waals surface area contributed by atoms with Gasteiger partial charge in [-0.1, -0.05) is 44.2 Å². The molecule has 0 aliphatic rings. The SMILES string of the molecule is CC(C)CC(NC(=O)C(Cc1ccccc1)NC(=O)C(C)NC(=O)C(N)CO)C(=O)O. The summed E-state index contributed by atoms with van der Waals surface area (Å²) >= 11 is 0. The van der Waals surface area contributed by atoms with Crippen molar-refractivity contribution in [2.45, 2.75) is 57.8 Å². The molecule has 0 aliphatic heterocycles. The standard InChI is InChI=1S/C21H32N4O6/c1-12(2)9-17(21(30)31)25-20(29)16(10-14-7-5-4-6-8-14)24-18(27)13(3)23-19(28)15(22)11-26/h4-8,12-13,15-17,26H,9-11,22H2,1-3H3,(H,23,28)(H,24,27)(H,25,29)(H,30,31). The number of carbonyl (C=O) groups excluding carboxylic acids is 3. The molecule has 0 saturated heterocycles. The molecule has 0 radical (unpaired) electrons. The Bertz CT molecular complexity index is 755. The molecule has 31 heavy (non-hydrogen) atoms. The minimum atomic E-state index is -1.17. The summed E-state index contributed by atoms with van der Waals surface area (Å²) in [5, 5.41) is 25.8. The first-order valence-corrected chi connectivity index (χ1v) is 10.1. The molecule has 172 valence electrons. The van der Waals surface area contributed by atoms with E-state index in [0.29, 0.717) is 0 Å². The number of hydrogen-bond donors (Lipinski definition) is 6. The summed E-state index contributed by atoms with van der Waals surface area (Å²) in [6.07, 6.45) is 0.363. The Morgan fingerprint density at radius 1 is 0.903 bits per heavy atom. The molecule has 4 atom stereocenters. The van der Waals surface area contributed by atoms with E-state index >= 15 is 0 Å². The molecule has 10 nitrogen and oxygen atoms in total. The van der Waals surface area contributed by atoms with Crippen molar-refractivity contribution in [1.29, 1.82) is 0 Å². The van der Waals surface area contributed by atoms with Crippen LogP contribution in [0.3, 0.4) is 0 Å². The van der Waals surface area contributed by atoms with Crippen molar-refractivity contribution in [3.8, 4) is 0 Å². The number of carbonyl (C=O) groups is 4. The van der Waals surface area contributed by atoms with E-state index in [4.69, 9.17) is 10.8 Å². The van der Waals surface area contributed by atoms with Crippen LogP contribution in [0, 0.1) is 5.92 Å². The first kappa shape index (κ1) is 26.1. The molecule has 0 spiro atoms. The molecule has 3 amide bonds. The predicted octanol–water partition coefficient (Wildman–Crippen LogP) is -0.846. The zero-order valence-corrected chi connectivity index (χ0v) is 18.0. The van der Waals surface area contributed by atoms with Crippen LogP contribution in [-0.2, 0) is 25.6 Å². The number of carboxylic acid groups (broad SMARTS) is 1. The third-order valence-electron chi connectivity index (χ3n) is 4.52. The number of aliphatic carboxylic acids is 1. The largest absolute Gasteiger partial charge is 0.480 e. The average molecular weight is 437 g/mol. The summed E-state index contributed by atoms with van der Waals surface area (Å²) in [6.45, 7) is 4.51. The van der Waals surface area contributed by atoms with Crippen molar-refractivity contribution in [2.24, 2.45) is 11.7 Å². The number of aliphatic hydroxyl groups is 1. The number of nitrogens with two attached hydrogens (primary N) is 1. The van der Waals surface area contributed by atoms with Crippen LogP contribution in [0.5, 0.6) is 0 Å². The lowest BCUT2D eigenvalue weighted by atomic mass is 10.0. The smallest absolute Gasteiger partial charge is 0.326 e. The van der Waals surface area contributed by atoms with E-state index < -0.39 is 54.5 Å². The predicted molar refractivity (Wildman–Crippen MR) is 114 cm³/mol. The van der Waals surface area contributed by atoms with Gasteiger partial charge in [-0.15, -0.1) is 0 Å². The van der Waals surface area contributed by atoms with Gasteiger partial charge in [0.25, 0.3) is 0 Å². The van der Waals surface area contributed by atoms with Gasteiger partial charge in [0, 0.05) is 6.42 Å². The van der Waals surface area contributed by atoms with Crippen LogP contribution >= 0.6 is 0 Å². The van der Waals surface area contributed by atoms with Crippen LogP contribution in [0.4, 0.5) is 0 Å². The highest BCUT2D eigenvalue weighted by Gasteiger charge is 2.29. The molecule has 10 heteroatoms. The number of rotatable bonds is 12. The third kappa shape index (κ3) is 9.14. The maximum absolute atomic E-state index is 12.8. The van der Waals surface area contributed by atoms with E-state index in [9.17, 15) is 24.3 Å². The van der Waals surface area contributed by atoms with E-state index in [1.165, 1.54) is 6.92 Å². The second-order valence-corrected chi connectivity index (χ2v) is 7.80. The zero-order valence-electron chi connectivity index (χ0n) is 18.0. The first-order valence-electron chi connectivity index (χ1n) is 10.1. The maximum atomic E-state index is 12.8. The Balaban J connectivity index is 2.95. The number of benzene rings is 1. The van der Waals surface area contributed by atoms with Crippen LogP contribution in [-0.4, -0.2) is 64.7 Å². The fraction of sp³-hybridized carbons (Fsp3) is 0.524. The Kier molecular flexibility index (Phi) is 10.6. The molecule has 0 heterocycles. The first-order chi connectivity index (χ1) is 14.5. The van der Waals surface area contributed by atoms with Gasteiger partial charge in [-0.3, -0.25) is 14.4 Å². The van der Waals surface area contributed by atoms with Crippen molar-refractivity contribution in [3.05, 3.63) is 35.9 Å². The van der Waals surface area contributed by atoms with Crippen LogP contribution in [0.15, 0.2) is 30.3 Å². The highest BCUT2D eigenvalue weighted by molar-refractivity contribution is 5.94. The van der Waals surface area contributed by atoms with Crippen LogP contribution in [0.2, 0.25) is 0 Å². The van der Waals surface area contributed by atoms with Gasteiger partial charge in [-0.25, -0.2) is 4.79 Å². The molecule has 1 rings (SSSR count). The van der Waals surface area contributed by atoms with Crippen LogP contribution in [0.25, 0.3) is 0 Å². The molecule has 0 aromatic heterocycles. The van der Waals surface area contributed by atoms with Crippen molar-refractivity contribution >= 4 is 23.7 Å². The molecule has 0 aliphatic carbocycles. The number of hydrogen-bond acceptors (Lipinski definition) is 6. The summed E-state index contributed by atoms with van der Waals surface area (Å²) in [4.78, 5) is 48.7. The molecule has 0 bridgehead atoms. The van der Waals surface area contributed by atoms with Gasteiger partial charge in [0.05, 0.1) is 6.61 Å². The molecule has 1 aromatic carbocycles. The summed E-state index contributed by atoms with van der Waals surface area (Å²) in [5.41, 5.74) is 6.19. The van der Waals surface area contributed by atoms with Gasteiger partial charge < -0.3 is 31.9 Å². The fourth-order valence-electron chi connectivity index (χ4n) is 2.79. The molecule has 4 unspecified atom stereocenters. The number of amides is 3. The fourth-order valence-corrected chi connectivity index (χ4v) is 2.79. The van der Waals surface area contributed by atoms with E-state index in [0.717, 1.165) is 5.56 Å². The molecular formula is C21H32N4O6. The van der Waals surface area contributed by atoms with Crippen molar-refractivity contribution in [1.82, 2.24) is 16.0 Å². The molecule has 0 saturated carbocycles. The summed E-state index contributed by atoms with van der Waals surface area (Å²) in [7, 11) is 0. The molecule has 7 N–H and O–H groups in total. The topological polar surface area (TPSA) is 171 Å². The lowest BCUT2D eigenvalue weighted by Crippen LogP contribution is -2.57. The van der Waals surface area contributed by atoms with Crippen LogP contribution < -0.4 is 21.7 Å². The molecule has 0 fully saturated rings. The van der Waals surface area contributed by atoms with Gasteiger partial charge in [0.1, 0.15) is 24.2 Å². The monoisotopic (exact) mass is 436 g/mol. The van der Waals surface area contributed by atoms with E-state index in [-0.39, 0.29) is 18.8 Å². The van der Waals surface area contributed by atoms with Crippen molar-refractivity contribution < 1.29 is 29.4 Å². The third-order valence-corrected chi connectivity index (χ3v) is 4.52. The minimum absolute atomic E-state index is 0.0366. The normalized spacial score (nSPS) is 14.8. The Labute approximate surface area is 181 Å². The summed E-state index contributed by atoms with van der Waals surface area (Å²) in [6, 6.07) is 4.57. The van der Waals surface area contributed by atoms with E-state index in [2.05, 4.69) is 16.0 Å². The zero-order chi connectivity index (χ0) is 23.6. The van der Waals surface area contributed by atoms with E-state index in [1.807, 2.05) is 19.9 Å². The quantitative estimate of drug-likeness (QED) is 0.248. The number of carboxylic acids is 1.